The molecule has 0 unspecified atom stereocenters. The Balaban J connectivity index is 0.000000538. The first kappa shape index (κ1) is 27.2. The lowest BCUT2D eigenvalue weighted by Crippen LogP contribution is -2.53. The largest absolute Gasteiger partial charge is 0.497 e. The van der Waals surface area contributed by atoms with E-state index in [1.54, 1.807) is 26.4 Å². The van der Waals surface area contributed by atoms with Crippen LogP contribution >= 0.6 is 0 Å². The monoisotopic (exact) mass is 503 g/mol. The van der Waals surface area contributed by atoms with E-state index in [0.717, 1.165) is 63.0 Å². The number of para-hydroxylation sites is 1. The molecule has 2 fully saturated rings. The highest BCUT2D eigenvalue weighted by Gasteiger charge is 2.28. The molecule has 0 spiro atoms. The summed E-state index contributed by atoms with van der Waals surface area (Å²) < 4.78 is 24.9. The summed E-state index contributed by atoms with van der Waals surface area (Å²) in [5.74, 6) is -2.05. The smallest absolute Gasteiger partial charge is 0.414 e. The standard InChI is InChI=1S/C24H32FN3O2.C2H2O4/c1-29-21-8-7-19(24(17-21)30-2)18-26-11-9-20(10-12-26)27-13-15-28(16-14-27)23-6-4-3-5-22(23)25;3-1(4)2(5)6/h3-8,17,20H,9-16,18H2,1-2H3;(H,3,4)(H,5,6). The van der Waals surface area contributed by atoms with Gasteiger partial charge in [0.05, 0.1) is 19.9 Å². The molecule has 0 bridgehead atoms. The van der Waals surface area contributed by atoms with Gasteiger partial charge in [0.2, 0.25) is 0 Å². The molecule has 2 aliphatic rings. The topological polar surface area (TPSA) is 103 Å². The number of hydrogen-bond acceptors (Lipinski definition) is 7. The molecule has 0 aliphatic carbocycles. The van der Waals surface area contributed by atoms with Crippen molar-refractivity contribution in [3.05, 3.63) is 53.8 Å². The van der Waals surface area contributed by atoms with Crippen molar-refractivity contribution in [1.29, 1.82) is 0 Å². The zero-order valence-corrected chi connectivity index (χ0v) is 20.7. The highest BCUT2D eigenvalue weighted by atomic mass is 19.1. The number of benzene rings is 2. The summed E-state index contributed by atoms with van der Waals surface area (Å²) in [6.07, 6.45) is 2.36. The molecule has 2 saturated heterocycles. The number of carbonyl (C=O) groups is 2. The summed E-state index contributed by atoms with van der Waals surface area (Å²) in [5, 5.41) is 14.8. The molecular weight excluding hydrogens is 469 g/mol. The highest BCUT2D eigenvalue weighted by molar-refractivity contribution is 6.27. The summed E-state index contributed by atoms with van der Waals surface area (Å²) in [4.78, 5) is 25.5. The number of piperazine rings is 1. The van der Waals surface area contributed by atoms with Crippen molar-refractivity contribution in [3.63, 3.8) is 0 Å². The Morgan fingerprint density at radius 2 is 1.56 bits per heavy atom. The number of aliphatic carboxylic acids is 2. The van der Waals surface area contributed by atoms with E-state index in [4.69, 9.17) is 29.3 Å². The second-order valence-electron chi connectivity index (χ2n) is 8.77. The average molecular weight is 504 g/mol. The minimum absolute atomic E-state index is 0.117. The van der Waals surface area contributed by atoms with E-state index in [9.17, 15) is 4.39 Å². The molecular formula is C26H34FN3O6. The van der Waals surface area contributed by atoms with E-state index in [1.807, 2.05) is 24.3 Å². The first-order valence-corrected chi connectivity index (χ1v) is 12.0. The fourth-order valence-electron chi connectivity index (χ4n) is 4.70. The number of hydrogen-bond donors (Lipinski definition) is 2. The van der Waals surface area contributed by atoms with Crippen molar-refractivity contribution >= 4 is 17.6 Å². The molecule has 2 aliphatic heterocycles. The fraction of sp³-hybridized carbons (Fsp3) is 0.462. The number of anilines is 1. The minimum atomic E-state index is -1.82. The number of halogens is 1. The van der Waals surface area contributed by atoms with Crippen molar-refractivity contribution < 1.29 is 33.7 Å². The molecule has 4 rings (SSSR count). The van der Waals surface area contributed by atoms with E-state index in [-0.39, 0.29) is 5.82 Å². The van der Waals surface area contributed by atoms with Gasteiger partial charge in [-0.1, -0.05) is 18.2 Å². The van der Waals surface area contributed by atoms with Gasteiger partial charge in [-0.2, -0.15) is 0 Å². The van der Waals surface area contributed by atoms with Crippen LogP contribution in [0.15, 0.2) is 42.5 Å². The Morgan fingerprint density at radius 1 is 0.917 bits per heavy atom. The van der Waals surface area contributed by atoms with Crippen LogP contribution in [0.25, 0.3) is 0 Å². The maximum Gasteiger partial charge on any atom is 0.414 e. The van der Waals surface area contributed by atoms with Crippen LogP contribution in [0.4, 0.5) is 10.1 Å². The van der Waals surface area contributed by atoms with E-state index >= 15 is 0 Å². The number of methoxy groups -OCH3 is 2. The summed E-state index contributed by atoms with van der Waals surface area (Å²) in [7, 11) is 3.39. The normalized spacial score (nSPS) is 17.1. The van der Waals surface area contributed by atoms with Crippen molar-refractivity contribution in [2.75, 3.05) is 58.4 Å². The number of nitrogens with zero attached hydrogens (tertiary/aromatic N) is 3. The predicted molar refractivity (Wildman–Crippen MR) is 133 cm³/mol. The lowest BCUT2D eigenvalue weighted by Gasteiger charge is -2.43. The number of likely N-dealkylation sites (tertiary alicyclic amines) is 1. The number of piperidine rings is 1. The minimum Gasteiger partial charge on any atom is -0.497 e. The first-order chi connectivity index (χ1) is 17.3. The molecule has 36 heavy (non-hydrogen) atoms. The molecule has 0 amide bonds. The lowest BCUT2D eigenvalue weighted by molar-refractivity contribution is -0.159. The van der Waals surface area contributed by atoms with Gasteiger partial charge in [0.1, 0.15) is 17.3 Å². The predicted octanol–water partition coefficient (Wildman–Crippen LogP) is 2.79. The first-order valence-electron chi connectivity index (χ1n) is 12.0. The second-order valence-corrected chi connectivity index (χ2v) is 8.77. The highest BCUT2D eigenvalue weighted by Crippen LogP contribution is 2.28. The van der Waals surface area contributed by atoms with Crippen LogP contribution < -0.4 is 14.4 Å². The Morgan fingerprint density at radius 3 is 2.11 bits per heavy atom. The van der Waals surface area contributed by atoms with Crippen molar-refractivity contribution in [2.45, 2.75) is 25.4 Å². The van der Waals surface area contributed by atoms with E-state index < -0.39 is 11.9 Å². The third-order valence-corrected chi connectivity index (χ3v) is 6.65. The van der Waals surface area contributed by atoms with Crippen LogP contribution in [0.1, 0.15) is 18.4 Å². The molecule has 2 aromatic rings. The van der Waals surface area contributed by atoms with Crippen molar-refractivity contribution in [3.8, 4) is 11.5 Å². The van der Waals surface area contributed by atoms with Crippen LogP contribution in [0.2, 0.25) is 0 Å². The quantitative estimate of drug-likeness (QED) is 0.576. The number of carboxylic acids is 2. The molecule has 2 heterocycles. The summed E-state index contributed by atoms with van der Waals surface area (Å²) in [6.45, 7) is 6.88. The molecule has 0 aromatic heterocycles. The molecule has 2 N–H and O–H groups in total. The van der Waals surface area contributed by atoms with Crippen molar-refractivity contribution in [2.24, 2.45) is 0 Å². The summed E-state index contributed by atoms with van der Waals surface area (Å²) in [6, 6.07) is 13.8. The molecule has 2 aromatic carbocycles. The van der Waals surface area contributed by atoms with Crippen LogP contribution in [-0.4, -0.2) is 91.5 Å². The van der Waals surface area contributed by atoms with Gasteiger partial charge in [-0.05, 0) is 44.1 Å². The maximum absolute atomic E-state index is 14.1. The molecule has 0 atom stereocenters. The van der Waals surface area contributed by atoms with E-state index in [0.29, 0.717) is 6.04 Å². The lowest BCUT2D eigenvalue weighted by atomic mass is 10.0. The molecule has 10 heteroatoms. The molecule has 0 saturated carbocycles. The number of rotatable bonds is 6. The molecule has 9 nitrogen and oxygen atoms in total. The fourth-order valence-corrected chi connectivity index (χ4v) is 4.70. The number of ether oxygens (including phenoxy) is 2. The summed E-state index contributed by atoms with van der Waals surface area (Å²) in [5.41, 5.74) is 1.94. The Hall–Kier alpha value is -3.37. The van der Waals surface area contributed by atoms with Gasteiger partial charge >= 0.3 is 11.9 Å². The molecule has 196 valence electrons. The van der Waals surface area contributed by atoms with Gasteiger partial charge in [-0.3, -0.25) is 9.80 Å². The maximum atomic E-state index is 14.1. The third kappa shape index (κ3) is 7.32. The van der Waals surface area contributed by atoms with Crippen LogP contribution in [-0.2, 0) is 16.1 Å². The average Bonchev–Trinajstić information content (AvgIpc) is 2.90. The van der Waals surface area contributed by atoms with Crippen LogP contribution in [0.3, 0.4) is 0 Å². The number of carboxylic acid groups (broad SMARTS) is 2. The Kier molecular flexibility index (Phi) is 9.89. The zero-order valence-electron chi connectivity index (χ0n) is 20.7. The summed E-state index contributed by atoms with van der Waals surface area (Å²) >= 11 is 0. The second kappa shape index (κ2) is 13.1. The van der Waals surface area contributed by atoms with Crippen molar-refractivity contribution in [1.82, 2.24) is 9.80 Å². The zero-order chi connectivity index (χ0) is 26.1. The van der Waals surface area contributed by atoms with Gasteiger partial charge in [-0.25, -0.2) is 14.0 Å². The van der Waals surface area contributed by atoms with Gasteiger partial charge in [0.15, 0.2) is 0 Å². The van der Waals surface area contributed by atoms with Gasteiger partial charge < -0.3 is 24.6 Å². The van der Waals surface area contributed by atoms with Crippen LogP contribution in [0.5, 0.6) is 11.5 Å². The Labute approximate surface area is 210 Å². The van der Waals surface area contributed by atoms with E-state index in [2.05, 4.69) is 20.8 Å². The SMILES string of the molecule is COc1ccc(CN2CCC(N3CCN(c4ccccc4F)CC3)CC2)c(OC)c1.O=C(O)C(=O)O. The molecule has 0 radical (unpaired) electrons. The van der Waals surface area contributed by atoms with Crippen LogP contribution in [0, 0.1) is 5.82 Å². The Bertz CT molecular complexity index is 1010. The van der Waals surface area contributed by atoms with Gasteiger partial charge in [0.25, 0.3) is 0 Å². The third-order valence-electron chi connectivity index (χ3n) is 6.65. The van der Waals surface area contributed by atoms with Gasteiger partial charge in [-0.15, -0.1) is 0 Å². The van der Waals surface area contributed by atoms with E-state index in [1.165, 1.54) is 18.4 Å². The van der Waals surface area contributed by atoms with Gasteiger partial charge in [0, 0.05) is 50.4 Å².